The molecule has 0 fully saturated rings. The average molecular weight is 245 g/mol. The van der Waals surface area contributed by atoms with Gasteiger partial charge in [0.1, 0.15) is 18.2 Å². The quantitative estimate of drug-likeness (QED) is 0.899. The molecule has 0 saturated heterocycles. The van der Waals surface area contributed by atoms with E-state index in [9.17, 15) is 9.18 Å². The van der Waals surface area contributed by atoms with Crippen LogP contribution in [0.4, 0.5) is 4.39 Å². The highest BCUT2D eigenvalue weighted by Gasteiger charge is 2.10. The van der Waals surface area contributed by atoms with Crippen molar-refractivity contribution in [2.75, 3.05) is 0 Å². The molecule has 1 amide bonds. The molecule has 2 rings (SSSR count). The number of halogens is 1. The second-order valence-corrected chi connectivity index (χ2v) is 3.78. The molecule has 0 atom stereocenters. The van der Waals surface area contributed by atoms with Gasteiger partial charge in [0.2, 0.25) is 0 Å². The SMILES string of the molecule is NC(=O)c1ccc(F)cc1OCc1ccccc1. The molecule has 0 spiro atoms. The Morgan fingerprint density at radius 3 is 2.56 bits per heavy atom. The minimum absolute atomic E-state index is 0.159. The lowest BCUT2D eigenvalue weighted by Crippen LogP contribution is -2.13. The van der Waals surface area contributed by atoms with Crippen LogP contribution in [0.5, 0.6) is 5.75 Å². The van der Waals surface area contributed by atoms with E-state index in [0.717, 1.165) is 11.6 Å². The van der Waals surface area contributed by atoms with Crippen molar-refractivity contribution >= 4 is 5.91 Å². The van der Waals surface area contributed by atoms with Crippen LogP contribution in [0.15, 0.2) is 48.5 Å². The summed E-state index contributed by atoms with van der Waals surface area (Å²) in [4.78, 5) is 11.2. The maximum Gasteiger partial charge on any atom is 0.252 e. The van der Waals surface area contributed by atoms with Crippen LogP contribution in [0.3, 0.4) is 0 Å². The first kappa shape index (κ1) is 12.1. The molecule has 2 aromatic carbocycles. The lowest BCUT2D eigenvalue weighted by molar-refractivity contribution is 0.0996. The summed E-state index contributed by atoms with van der Waals surface area (Å²) < 4.78 is 18.5. The van der Waals surface area contributed by atoms with Crippen molar-refractivity contribution < 1.29 is 13.9 Å². The van der Waals surface area contributed by atoms with Gasteiger partial charge in [0.15, 0.2) is 0 Å². The minimum Gasteiger partial charge on any atom is -0.488 e. The molecule has 0 radical (unpaired) electrons. The smallest absolute Gasteiger partial charge is 0.252 e. The van der Waals surface area contributed by atoms with Crippen LogP contribution < -0.4 is 10.5 Å². The van der Waals surface area contributed by atoms with Crippen LogP contribution in [-0.2, 0) is 6.61 Å². The molecule has 0 aromatic heterocycles. The van der Waals surface area contributed by atoms with Crippen molar-refractivity contribution in [3.63, 3.8) is 0 Å². The van der Waals surface area contributed by atoms with Gasteiger partial charge in [0.05, 0.1) is 5.56 Å². The Labute approximate surface area is 104 Å². The van der Waals surface area contributed by atoms with Crippen molar-refractivity contribution in [2.45, 2.75) is 6.61 Å². The normalized spacial score (nSPS) is 10.1. The van der Waals surface area contributed by atoms with Crippen molar-refractivity contribution in [3.8, 4) is 5.75 Å². The standard InChI is InChI=1S/C14H12FNO2/c15-11-6-7-12(14(16)17)13(8-11)18-9-10-4-2-1-3-5-10/h1-8H,9H2,(H2,16,17). The molecule has 0 saturated carbocycles. The molecule has 0 aliphatic heterocycles. The first-order valence-electron chi connectivity index (χ1n) is 5.43. The van der Waals surface area contributed by atoms with Crippen LogP contribution in [-0.4, -0.2) is 5.91 Å². The van der Waals surface area contributed by atoms with Crippen LogP contribution in [0.2, 0.25) is 0 Å². The highest BCUT2D eigenvalue weighted by atomic mass is 19.1. The third kappa shape index (κ3) is 2.85. The van der Waals surface area contributed by atoms with E-state index in [4.69, 9.17) is 10.5 Å². The molecule has 0 aliphatic carbocycles. The summed E-state index contributed by atoms with van der Waals surface area (Å²) in [5.74, 6) is -0.951. The zero-order chi connectivity index (χ0) is 13.0. The number of hydrogen-bond donors (Lipinski definition) is 1. The Balaban J connectivity index is 2.18. The summed E-state index contributed by atoms with van der Waals surface area (Å²) in [5.41, 5.74) is 6.29. The molecule has 0 unspecified atom stereocenters. The molecule has 3 nitrogen and oxygen atoms in total. The van der Waals surface area contributed by atoms with E-state index in [-0.39, 0.29) is 17.9 Å². The van der Waals surface area contributed by atoms with E-state index in [1.165, 1.54) is 12.1 Å². The molecule has 2 N–H and O–H groups in total. The number of benzene rings is 2. The number of ether oxygens (including phenoxy) is 1. The fraction of sp³-hybridized carbons (Fsp3) is 0.0714. The number of hydrogen-bond acceptors (Lipinski definition) is 2. The number of nitrogens with two attached hydrogens (primary N) is 1. The number of rotatable bonds is 4. The molecule has 0 aliphatic rings. The molecule has 4 heteroatoms. The van der Waals surface area contributed by atoms with Gasteiger partial charge in [0.25, 0.3) is 5.91 Å². The molecular weight excluding hydrogens is 233 g/mol. The summed E-state index contributed by atoms with van der Waals surface area (Å²) in [6.07, 6.45) is 0. The number of carbonyl (C=O) groups excluding carboxylic acids is 1. The Hall–Kier alpha value is -2.36. The monoisotopic (exact) mass is 245 g/mol. The topological polar surface area (TPSA) is 52.3 Å². The van der Waals surface area contributed by atoms with Gasteiger partial charge in [-0.2, -0.15) is 0 Å². The molecule has 0 bridgehead atoms. The second-order valence-electron chi connectivity index (χ2n) is 3.78. The van der Waals surface area contributed by atoms with Crippen molar-refractivity contribution in [1.29, 1.82) is 0 Å². The summed E-state index contributed by atoms with van der Waals surface area (Å²) in [6, 6.07) is 13.0. The third-order valence-corrected chi connectivity index (χ3v) is 2.45. The molecule has 92 valence electrons. The third-order valence-electron chi connectivity index (χ3n) is 2.45. The van der Waals surface area contributed by atoms with E-state index in [0.29, 0.717) is 0 Å². The fourth-order valence-corrected chi connectivity index (χ4v) is 1.55. The van der Waals surface area contributed by atoms with Gasteiger partial charge in [-0.15, -0.1) is 0 Å². The highest BCUT2D eigenvalue weighted by molar-refractivity contribution is 5.95. The predicted molar refractivity (Wildman–Crippen MR) is 65.7 cm³/mol. The molecular formula is C14H12FNO2. The maximum atomic E-state index is 13.1. The van der Waals surface area contributed by atoms with Gasteiger partial charge in [0, 0.05) is 6.07 Å². The zero-order valence-electron chi connectivity index (χ0n) is 9.60. The van der Waals surface area contributed by atoms with Crippen LogP contribution in [0.1, 0.15) is 15.9 Å². The van der Waals surface area contributed by atoms with E-state index in [1.54, 1.807) is 0 Å². The van der Waals surface area contributed by atoms with E-state index in [2.05, 4.69) is 0 Å². The summed E-state index contributed by atoms with van der Waals surface area (Å²) in [5, 5.41) is 0. The largest absolute Gasteiger partial charge is 0.488 e. The Kier molecular flexibility index (Phi) is 3.57. The maximum absolute atomic E-state index is 13.1. The van der Waals surface area contributed by atoms with Gasteiger partial charge in [-0.25, -0.2) is 4.39 Å². The van der Waals surface area contributed by atoms with Gasteiger partial charge >= 0.3 is 0 Å². The lowest BCUT2D eigenvalue weighted by Gasteiger charge is -2.09. The van der Waals surface area contributed by atoms with Crippen molar-refractivity contribution in [2.24, 2.45) is 5.73 Å². The summed E-state index contributed by atoms with van der Waals surface area (Å²) in [7, 11) is 0. The van der Waals surface area contributed by atoms with Gasteiger partial charge in [-0.3, -0.25) is 4.79 Å². The van der Waals surface area contributed by atoms with Crippen molar-refractivity contribution in [1.82, 2.24) is 0 Å². The fourth-order valence-electron chi connectivity index (χ4n) is 1.55. The van der Waals surface area contributed by atoms with Crippen LogP contribution in [0.25, 0.3) is 0 Å². The number of amides is 1. The van der Waals surface area contributed by atoms with E-state index >= 15 is 0 Å². The highest BCUT2D eigenvalue weighted by Crippen LogP contribution is 2.20. The second kappa shape index (κ2) is 5.31. The summed E-state index contributed by atoms with van der Waals surface area (Å²) >= 11 is 0. The van der Waals surface area contributed by atoms with Gasteiger partial charge < -0.3 is 10.5 Å². The van der Waals surface area contributed by atoms with Crippen LogP contribution in [0, 0.1) is 5.82 Å². The Bertz CT molecular complexity index is 555. The number of carbonyl (C=O) groups is 1. The average Bonchev–Trinajstić information content (AvgIpc) is 2.37. The first-order valence-corrected chi connectivity index (χ1v) is 5.43. The molecule has 18 heavy (non-hydrogen) atoms. The zero-order valence-corrected chi connectivity index (χ0v) is 9.60. The first-order chi connectivity index (χ1) is 8.66. The predicted octanol–water partition coefficient (Wildman–Crippen LogP) is 2.50. The summed E-state index contributed by atoms with van der Waals surface area (Å²) in [6.45, 7) is 0.255. The Morgan fingerprint density at radius 1 is 1.17 bits per heavy atom. The van der Waals surface area contributed by atoms with Crippen LogP contribution >= 0.6 is 0 Å². The minimum atomic E-state index is -0.641. The van der Waals surface area contributed by atoms with Gasteiger partial charge in [-0.1, -0.05) is 30.3 Å². The Morgan fingerprint density at radius 2 is 1.89 bits per heavy atom. The number of primary amides is 1. The molecule has 2 aromatic rings. The van der Waals surface area contributed by atoms with Crippen molar-refractivity contribution in [3.05, 3.63) is 65.5 Å². The molecule has 0 heterocycles. The van der Waals surface area contributed by atoms with Gasteiger partial charge in [-0.05, 0) is 17.7 Å². The van der Waals surface area contributed by atoms with E-state index < -0.39 is 11.7 Å². The van der Waals surface area contributed by atoms with E-state index in [1.807, 2.05) is 30.3 Å². The lowest BCUT2D eigenvalue weighted by atomic mass is 10.2.